The summed E-state index contributed by atoms with van der Waals surface area (Å²) < 4.78 is 2.38. The fraction of sp³-hybridized carbons (Fsp3) is 0.0800. The van der Waals surface area contributed by atoms with E-state index < -0.39 is 0 Å². The van der Waals surface area contributed by atoms with Gasteiger partial charge in [0, 0.05) is 51.8 Å². The van der Waals surface area contributed by atoms with Gasteiger partial charge in [-0.2, -0.15) is 0 Å². The van der Waals surface area contributed by atoms with E-state index >= 15 is 0 Å². The summed E-state index contributed by atoms with van der Waals surface area (Å²) in [5.41, 5.74) is 16.2. The highest BCUT2D eigenvalue weighted by atomic mass is 15.2. The predicted molar refractivity (Wildman–Crippen MR) is 228 cm³/mol. The van der Waals surface area contributed by atoms with E-state index in [4.69, 9.17) is 19.9 Å². The van der Waals surface area contributed by atoms with Gasteiger partial charge in [-0.1, -0.05) is 103 Å². The van der Waals surface area contributed by atoms with Crippen LogP contribution in [0.5, 0.6) is 0 Å². The summed E-state index contributed by atoms with van der Waals surface area (Å²) in [6.07, 6.45) is 17.4. The van der Waals surface area contributed by atoms with Gasteiger partial charge in [0.05, 0.1) is 56.7 Å². The van der Waals surface area contributed by atoms with Crippen molar-refractivity contribution in [1.82, 2.24) is 24.5 Å². The summed E-state index contributed by atoms with van der Waals surface area (Å²) in [7, 11) is 0. The molecule has 266 valence electrons. The summed E-state index contributed by atoms with van der Waals surface area (Å²) in [6, 6.07) is 48.6. The maximum atomic E-state index is 5.09. The van der Waals surface area contributed by atoms with Crippen LogP contribution in [0.4, 0.5) is 5.69 Å². The highest BCUT2D eigenvalue weighted by molar-refractivity contribution is 6.09. The van der Waals surface area contributed by atoms with Gasteiger partial charge in [0.2, 0.25) is 0 Å². The molecule has 3 aliphatic rings. The van der Waals surface area contributed by atoms with Crippen LogP contribution in [0, 0.1) is 0 Å². The number of allylic oxidation sites excluding steroid dienone is 6. The van der Waals surface area contributed by atoms with Gasteiger partial charge < -0.3 is 9.47 Å². The Hall–Kier alpha value is -7.18. The second-order valence-electron chi connectivity index (χ2n) is 14.6. The van der Waals surface area contributed by atoms with Crippen LogP contribution in [0.2, 0.25) is 0 Å². The van der Waals surface area contributed by atoms with Crippen LogP contribution in [-0.4, -0.2) is 30.5 Å². The van der Waals surface area contributed by atoms with Crippen LogP contribution >= 0.6 is 0 Å². The van der Waals surface area contributed by atoms with Gasteiger partial charge in [-0.25, -0.2) is 9.97 Å². The third-order valence-electron chi connectivity index (χ3n) is 11.3. The molecule has 2 atom stereocenters. The molecule has 5 aromatic heterocycles. The largest absolute Gasteiger partial charge is 0.336 e. The Labute approximate surface area is 325 Å². The molecule has 0 fully saturated rings. The van der Waals surface area contributed by atoms with Crippen LogP contribution < -0.4 is 4.90 Å². The summed E-state index contributed by atoms with van der Waals surface area (Å²) >= 11 is 0. The second kappa shape index (κ2) is 13.3. The zero-order valence-corrected chi connectivity index (χ0v) is 30.6. The topological polar surface area (TPSA) is 59.7 Å². The Morgan fingerprint density at radius 3 is 2.07 bits per heavy atom. The first-order chi connectivity index (χ1) is 27.8. The molecular formula is C50H36N6. The Bertz CT molecular complexity index is 2940. The summed E-state index contributed by atoms with van der Waals surface area (Å²) in [5.74, 6) is 0.105. The highest BCUT2D eigenvalue weighted by Gasteiger charge is 2.40. The first kappa shape index (κ1) is 32.3. The molecule has 0 radical (unpaired) electrons. The van der Waals surface area contributed by atoms with Gasteiger partial charge in [0.1, 0.15) is 0 Å². The lowest BCUT2D eigenvalue weighted by atomic mass is 9.89. The molecule has 0 saturated carbocycles. The average Bonchev–Trinajstić information content (AvgIpc) is 3.79. The molecule has 8 aromatic rings. The lowest BCUT2D eigenvalue weighted by Crippen LogP contribution is -2.33. The molecule has 2 aliphatic carbocycles. The molecule has 56 heavy (non-hydrogen) atoms. The van der Waals surface area contributed by atoms with E-state index in [1.807, 2.05) is 30.6 Å². The van der Waals surface area contributed by atoms with Crippen molar-refractivity contribution in [3.8, 4) is 33.8 Å². The second-order valence-corrected chi connectivity index (χ2v) is 14.6. The predicted octanol–water partition coefficient (Wildman–Crippen LogP) is 11.5. The number of benzene rings is 3. The quantitative estimate of drug-likeness (QED) is 0.171. The zero-order chi connectivity index (χ0) is 37.0. The van der Waals surface area contributed by atoms with Gasteiger partial charge in [0.25, 0.3) is 0 Å². The van der Waals surface area contributed by atoms with Gasteiger partial charge >= 0.3 is 0 Å². The third-order valence-corrected chi connectivity index (χ3v) is 11.3. The van der Waals surface area contributed by atoms with Crippen LogP contribution in [-0.2, 0) is 0 Å². The average molecular weight is 721 g/mol. The number of fused-ring (bicyclic) bond motifs is 6. The van der Waals surface area contributed by atoms with Crippen molar-refractivity contribution < 1.29 is 0 Å². The minimum absolute atomic E-state index is 0.105. The number of hydrogen-bond donors (Lipinski definition) is 0. The van der Waals surface area contributed by atoms with Crippen molar-refractivity contribution in [2.24, 2.45) is 0 Å². The molecular weight excluding hydrogens is 685 g/mol. The van der Waals surface area contributed by atoms with Gasteiger partial charge in [0.15, 0.2) is 0 Å². The highest BCUT2D eigenvalue weighted by Crippen LogP contribution is 2.48. The van der Waals surface area contributed by atoms with E-state index in [9.17, 15) is 0 Å². The molecule has 6 heteroatoms. The Balaban J connectivity index is 0.960. The fourth-order valence-corrected chi connectivity index (χ4v) is 8.72. The number of aromatic nitrogens is 5. The van der Waals surface area contributed by atoms with Crippen molar-refractivity contribution >= 4 is 38.9 Å². The summed E-state index contributed by atoms with van der Waals surface area (Å²) in [6.45, 7) is 0. The Morgan fingerprint density at radius 2 is 1.29 bits per heavy atom. The van der Waals surface area contributed by atoms with Gasteiger partial charge in [-0.05, 0) is 85.2 Å². The molecule has 0 N–H and O–H groups in total. The van der Waals surface area contributed by atoms with Crippen LogP contribution in [0.1, 0.15) is 30.1 Å². The minimum Gasteiger partial charge on any atom is -0.336 e. The number of hydrogen-bond acceptors (Lipinski definition) is 5. The molecule has 0 saturated heterocycles. The first-order valence-electron chi connectivity index (χ1n) is 19.3. The number of pyridine rings is 4. The first-order valence-corrected chi connectivity index (χ1v) is 19.3. The van der Waals surface area contributed by atoms with Crippen molar-refractivity contribution in [2.75, 3.05) is 4.90 Å². The fourth-order valence-electron chi connectivity index (χ4n) is 8.72. The molecule has 1 aliphatic heterocycles. The van der Waals surface area contributed by atoms with E-state index in [2.05, 4.69) is 161 Å². The molecule has 0 spiro atoms. The van der Waals surface area contributed by atoms with Crippen LogP contribution in [0.15, 0.2) is 188 Å². The molecule has 6 heterocycles. The lowest BCUT2D eigenvalue weighted by Gasteiger charge is -2.33. The van der Waals surface area contributed by atoms with E-state index in [-0.39, 0.29) is 12.0 Å². The Morgan fingerprint density at radius 1 is 0.589 bits per heavy atom. The van der Waals surface area contributed by atoms with Crippen molar-refractivity contribution in [2.45, 2.75) is 24.8 Å². The van der Waals surface area contributed by atoms with Crippen molar-refractivity contribution in [1.29, 1.82) is 0 Å². The van der Waals surface area contributed by atoms with E-state index in [0.29, 0.717) is 0 Å². The molecule has 0 amide bonds. The SMILES string of the molecule is C1=CC2C(C=C1c1cccc(-c3ccccc3)n1)c1ncccc1N2C1=CC(n2c3ccc(-c4cccc(-c5ccccc5)n4)cc3c3ncccc32)=CCC1. The molecule has 2 unspecified atom stereocenters. The van der Waals surface area contributed by atoms with Crippen molar-refractivity contribution in [3.63, 3.8) is 0 Å². The molecule has 11 rings (SSSR count). The summed E-state index contributed by atoms with van der Waals surface area (Å²) in [5, 5.41) is 1.11. The summed E-state index contributed by atoms with van der Waals surface area (Å²) in [4.78, 5) is 22.6. The monoisotopic (exact) mass is 720 g/mol. The Kier molecular flexibility index (Phi) is 7.66. The lowest BCUT2D eigenvalue weighted by molar-refractivity contribution is 0.695. The van der Waals surface area contributed by atoms with E-state index in [1.54, 1.807) is 0 Å². The number of nitrogens with zero attached hydrogens (tertiary/aromatic N) is 6. The third kappa shape index (κ3) is 5.41. The van der Waals surface area contributed by atoms with Crippen LogP contribution in [0.25, 0.3) is 67.0 Å². The normalized spacial score (nSPS) is 17.4. The molecule has 0 bridgehead atoms. The molecule has 3 aromatic carbocycles. The smallest absolute Gasteiger partial charge is 0.0963 e. The maximum Gasteiger partial charge on any atom is 0.0963 e. The maximum absolute atomic E-state index is 5.09. The number of anilines is 1. The van der Waals surface area contributed by atoms with Gasteiger partial charge in [-0.3, -0.25) is 9.97 Å². The number of rotatable bonds is 6. The van der Waals surface area contributed by atoms with Crippen molar-refractivity contribution in [3.05, 3.63) is 199 Å². The molecule has 6 nitrogen and oxygen atoms in total. The van der Waals surface area contributed by atoms with Crippen LogP contribution in [0.3, 0.4) is 0 Å². The van der Waals surface area contributed by atoms with E-state index in [0.717, 1.165) is 91.2 Å². The standard InChI is InChI=1S/C50H36N6/c1-3-12-33(13-4-1)41-18-8-20-43(53-41)35-24-26-45-39(30-35)49-47(22-10-28-51-49)55(45)37-16-7-17-38(32-37)56-46-27-25-36(31-40(46)50-48(56)23-11-29-52-50)44-21-9-19-42(54-44)34-14-5-2-6-15-34/h1-6,8-16,18-32,40,46H,7,17H2. The van der Waals surface area contributed by atoms with Gasteiger partial charge in [-0.15, -0.1) is 0 Å². The minimum atomic E-state index is 0.105. The van der Waals surface area contributed by atoms with E-state index in [1.165, 1.54) is 11.4 Å². The zero-order valence-electron chi connectivity index (χ0n) is 30.6.